The summed E-state index contributed by atoms with van der Waals surface area (Å²) in [4.78, 5) is 7.41. The maximum Gasteiger partial charge on any atom is 0.309 e. The Labute approximate surface area is 155 Å². The van der Waals surface area contributed by atoms with Gasteiger partial charge in [-0.2, -0.15) is 9.65 Å². The number of benzene rings is 1. The first-order chi connectivity index (χ1) is 12.4. The van der Waals surface area contributed by atoms with E-state index < -0.39 is 11.6 Å². The van der Waals surface area contributed by atoms with Gasteiger partial charge in [-0.1, -0.05) is 30.3 Å². The molecule has 0 bridgehead atoms. The topological polar surface area (TPSA) is 97.5 Å². The maximum atomic E-state index is 13.4. The molecule has 3 rings (SSSR count). The number of fused-ring (bicyclic) bond motifs is 1. The second-order valence-corrected chi connectivity index (χ2v) is 7.23. The highest BCUT2D eigenvalue weighted by molar-refractivity contribution is 8.13. The molecule has 0 atom stereocenters. The average molecular weight is 368 g/mol. The summed E-state index contributed by atoms with van der Waals surface area (Å²) in [6.45, 7) is 3.66. The molecule has 1 aliphatic rings. The Morgan fingerprint density at radius 3 is 2.77 bits per heavy atom. The maximum absolute atomic E-state index is 13.4. The second-order valence-electron chi connectivity index (χ2n) is 6.24. The second kappa shape index (κ2) is 7.14. The van der Waals surface area contributed by atoms with Crippen LogP contribution in [0, 0.1) is 22.8 Å². The fraction of sp³-hybridized carbons (Fsp3) is 0.222. The molecule has 0 aliphatic carbocycles. The van der Waals surface area contributed by atoms with Gasteiger partial charge in [0.05, 0.1) is 23.1 Å². The molecule has 1 aromatic heterocycles. The lowest BCUT2D eigenvalue weighted by molar-refractivity contribution is 0.409. The van der Waals surface area contributed by atoms with Gasteiger partial charge in [0.1, 0.15) is 22.5 Å². The van der Waals surface area contributed by atoms with Crippen molar-refractivity contribution in [3.05, 3.63) is 65.3 Å². The normalized spacial score (nSPS) is 16.5. The summed E-state index contributed by atoms with van der Waals surface area (Å²) in [6, 6.07) is 11.8. The third-order valence-corrected chi connectivity index (χ3v) is 4.83. The first kappa shape index (κ1) is 17.9. The molecule has 1 aliphatic heterocycles. The van der Waals surface area contributed by atoms with Gasteiger partial charge in [-0.25, -0.2) is 9.97 Å². The Morgan fingerprint density at radius 1 is 1.35 bits per heavy atom. The van der Waals surface area contributed by atoms with E-state index in [9.17, 15) is 9.65 Å². The van der Waals surface area contributed by atoms with Gasteiger partial charge in [0.25, 0.3) is 0 Å². The number of rotatable bonds is 3. The summed E-state index contributed by atoms with van der Waals surface area (Å²) in [6.07, 6.45) is 0.537. The van der Waals surface area contributed by atoms with Crippen LogP contribution in [0.4, 0.5) is 10.1 Å². The number of hydrogen-bond donors (Lipinski definition) is 3. The number of nitriles is 1. The van der Waals surface area contributed by atoms with Crippen molar-refractivity contribution < 1.29 is 4.39 Å². The van der Waals surface area contributed by atoms with Gasteiger partial charge in [0, 0.05) is 5.75 Å². The van der Waals surface area contributed by atoms with E-state index in [1.807, 2.05) is 44.2 Å². The molecule has 2 aromatic rings. The number of halogens is 1. The molecule has 8 heteroatoms. The molecule has 0 spiro atoms. The van der Waals surface area contributed by atoms with Crippen molar-refractivity contribution in [2.45, 2.75) is 25.1 Å². The Morgan fingerprint density at radius 2 is 2.08 bits per heavy atom. The number of nitrogens with one attached hydrogen (secondary N) is 3. The molecule has 0 saturated carbocycles. The Hall–Kier alpha value is -2.92. The highest BCUT2D eigenvalue weighted by atomic mass is 32.2. The van der Waals surface area contributed by atoms with Crippen LogP contribution in [0.5, 0.6) is 0 Å². The lowest BCUT2D eigenvalue weighted by atomic mass is 9.96. The molecule has 3 N–H and O–H groups in total. The van der Waals surface area contributed by atoms with E-state index in [0.717, 1.165) is 5.56 Å². The van der Waals surface area contributed by atoms with Crippen LogP contribution >= 0.6 is 11.8 Å². The number of thioether (sulfide) groups is 1. The van der Waals surface area contributed by atoms with Gasteiger partial charge in [0.15, 0.2) is 0 Å². The zero-order chi connectivity index (χ0) is 18.7. The van der Waals surface area contributed by atoms with E-state index in [1.54, 1.807) is 0 Å². The largest absolute Gasteiger partial charge is 0.360 e. The lowest BCUT2D eigenvalue weighted by Crippen LogP contribution is -2.44. The predicted octanol–water partition coefficient (Wildman–Crippen LogP) is 3.51. The smallest absolute Gasteiger partial charge is 0.309 e. The molecule has 2 heterocycles. The van der Waals surface area contributed by atoms with E-state index in [0.29, 0.717) is 23.0 Å². The molecule has 0 amide bonds. The van der Waals surface area contributed by atoms with E-state index in [1.165, 1.54) is 18.0 Å². The van der Waals surface area contributed by atoms with Crippen molar-refractivity contribution in [3.8, 4) is 6.07 Å². The van der Waals surface area contributed by atoms with Crippen molar-refractivity contribution in [2.75, 3.05) is 5.32 Å². The highest BCUT2D eigenvalue weighted by Gasteiger charge is 2.33. The molecule has 0 unspecified atom stereocenters. The molecule has 0 saturated heterocycles. The summed E-state index contributed by atoms with van der Waals surface area (Å²) < 4.78 is 13.4. The Bertz CT molecular complexity index is 917. The van der Waals surface area contributed by atoms with Crippen LogP contribution < -0.4 is 10.6 Å². The van der Waals surface area contributed by atoms with Gasteiger partial charge in [-0.3, -0.25) is 5.41 Å². The molecule has 132 valence electrons. The van der Waals surface area contributed by atoms with Crippen LogP contribution in [0.3, 0.4) is 0 Å². The minimum absolute atomic E-state index is 0.147. The molecule has 6 nitrogen and oxygen atoms in total. The predicted molar refractivity (Wildman–Crippen MR) is 99.9 cm³/mol. The first-order valence-corrected chi connectivity index (χ1v) is 8.87. The van der Waals surface area contributed by atoms with Crippen molar-refractivity contribution in [1.29, 1.82) is 10.7 Å². The zero-order valence-corrected chi connectivity index (χ0v) is 15.1. The molecular formula is C18H17FN6S. The van der Waals surface area contributed by atoms with Gasteiger partial charge >= 0.3 is 6.08 Å². The summed E-state index contributed by atoms with van der Waals surface area (Å²) >= 11 is 1.27. The fourth-order valence-electron chi connectivity index (χ4n) is 2.61. The summed E-state index contributed by atoms with van der Waals surface area (Å²) in [5.41, 5.74) is 1.53. The molecule has 26 heavy (non-hydrogen) atoms. The molecule has 0 radical (unpaired) electrons. The van der Waals surface area contributed by atoms with Crippen LogP contribution in [0.15, 0.2) is 47.9 Å². The van der Waals surface area contributed by atoms with Gasteiger partial charge in [-0.15, -0.1) is 11.8 Å². The molecule has 1 aromatic carbocycles. The molecular weight excluding hydrogens is 351 g/mol. The van der Waals surface area contributed by atoms with Crippen LogP contribution in [-0.4, -0.2) is 15.0 Å². The van der Waals surface area contributed by atoms with Crippen LogP contribution in [0.25, 0.3) is 0 Å². The number of hydrogen-bond acceptors (Lipinski definition) is 7. The third kappa shape index (κ3) is 3.68. The zero-order valence-electron chi connectivity index (χ0n) is 14.3. The summed E-state index contributed by atoms with van der Waals surface area (Å²) in [5, 5.41) is 24.2. The standard InChI is InChI=1S/C18H17FN6S/c1-18(2)14-13(9-22-17(19)24-14)23-16(25-18)12(8-20)15(21)26-10-11-6-4-3-5-7-11/h3-7,9,21,23,25H,10H2,1-2H3/b16-12+,21-15?. The van der Waals surface area contributed by atoms with Crippen molar-refractivity contribution >= 4 is 22.5 Å². The van der Waals surface area contributed by atoms with Crippen LogP contribution in [0.1, 0.15) is 25.1 Å². The van der Waals surface area contributed by atoms with Gasteiger partial charge in [-0.05, 0) is 19.4 Å². The number of nitrogens with zero attached hydrogens (tertiary/aromatic N) is 3. The monoisotopic (exact) mass is 368 g/mol. The van der Waals surface area contributed by atoms with E-state index in [-0.39, 0.29) is 10.6 Å². The lowest BCUT2D eigenvalue weighted by Gasteiger charge is -2.35. The van der Waals surface area contributed by atoms with E-state index in [4.69, 9.17) is 5.41 Å². The Balaban J connectivity index is 1.86. The van der Waals surface area contributed by atoms with Crippen molar-refractivity contribution in [3.63, 3.8) is 0 Å². The van der Waals surface area contributed by atoms with Crippen LogP contribution in [-0.2, 0) is 11.3 Å². The Kier molecular flexibility index (Phi) is 4.91. The first-order valence-electron chi connectivity index (χ1n) is 7.89. The summed E-state index contributed by atoms with van der Waals surface area (Å²) in [7, 11) is 0. The third-order valence-electron chi connectivity index (χ3n) is 3.86. The minimum Gasteiger partial charge on any atom is -0.360 e. The van der Waals surface area contributed by atoms with Crippen LogP contribution in [0.2, 0.25) is 0 Å². The average Bonchev–Trinajstić information content (AvgIpc) is 2.62. The molecule has 0 fully saturated rings. The fourth-order valence-corrected chi connectivity index (χ4v) is 3.41. The van der Waals surface area contributed by atoms with Gasteiger partial charge < -0.3 is 10.6 Å². The highest BCUT2D eigenvalue weighted by Crippen LogP contribution is 2.33. The van der Waals surface area contributed by atoms with Gasteiger partial charge in [0.2, 0.25) is 0 Å². The van der Waals surface area contributed by atoms with E-state index >= 15 is 0 Å². The summed E-state index contributed by atoms with van der Waals surface area (Å²) in [5.74, 6) is 0.984. The van der Waals surface area contributed by atoms with E-state index in [2.05, 4.69) is 26.7 Å². The van der Waals surface area contributed by atoms with Crippen molar-refractivity contribution in [1.82, 2.24) is 15.3 Å². The number of aromatic nitrogens is 2. The SMILES string of the molecule is CC1(C)N/C(=C(\C#N)C(=N)SCc2ccccc2)Nc2cnc(F)nc21. The van der Waals surface area contributed by atoms with Crippen molar-refractivity contribution in [2.24, 2.45) is 0 Å². The minimum atomic E-state index is -0.806. The quantitative estimate of drug-likeness (QED) is 0.332. The number of anilines is 1.